The number of halogens is 1. The third-order valence-corrected chi connectivity index (χ3v) is 3.79. The van der Waals surface area contributed by atoms with Crippen molar-refractivity contribution >= 4 is 23.3 Å². The summed E-state index contributed by atoms with van der Waals surface area (Å²) in [5.74, 6) is 2.48. The number of nitrogens with zero attached hydrogens (tertiary/aromatic N) is 1. The van der Waals surface area contributed by atoms with Crippen molar-refractivity contribution in [1.29, 1.82) is 0 Å². The van der Waals surface area contributed by atoms with Crippen LogP contribution in [-0.2, 0) is 4.79 Å². The standard InChI is InChI=1S/C12H13ClN2O/c13-10-2-1-3-11(14-10)15-12(16)9-5-7-4-8(7)6-9/h1-3,7-9H,4-6H2,(H,14,15,16). The number of rotatable bonds is 2. The Morgan fingerprint density at radius 1 is 1.31 bits per heavy atom. The van der Waals surface area contributed by atoms with Gasteiger partial charge in [0.05, 0.1) is 0 Å². The zero-order valence-corrected chi connectivity index (χ0v) is 9.57. The highest BCUT2D eigenvalue weighted by Gasteiger charge is 2.47. The van der Waals surface area contributed by atoms with E-state index in [0.717, 1.165) is 24.7 Å². The molecule has 1 aromatic heterocycles. The van der Waals surface area contributed by atoms with Crippen LogP contribution in [0.1, 0.15) is 19.3 Å². The first kappa shape index (κ1) is 10.1. The number of anilines is 1. The second-order valence-electron chi connectivity index (χ2n) is 4.76. The lowest BCUT2D eigenvalue weighted by molar-refractivity contribution is -0.120. The summed E-state index contributed by atoms with van der Waals surface area (Å²) in [5.41, 5.74) is 0. The van der Waals surface area contributed by atoms with Gasteiger partial charge in [-0.05, 0) is 43.2 Å². The second-order valence-corrected chi connectivity index (χ2v) is 5.15. The van der Waals surface area contributed by atoms with Crippen molar-refractivity contribution in [3.8, 4) is 0 Å². The number of aromatic nitrogens is 1. The van der Waals surface area contributed by atoms with E-state index in [1.165, 1.54) is 6.42 Å². The predicted molar refractivity (Wildman–Crippen MR) is 62.2 cm³/mol. The molecule has 0 saturated heterocycles. The number of hydrogen-bond donors (Lipinski definition) is 1. The maximum atomic E-state index is 11.9. The molecule has 1 aromatic rings. The van der Waals surface area contributed by atoms with Crippen molar-refractivity contribution in [1.82, 2.24) is 4.98 Å². The van der Waals surface area contributed by atoms with Gasteiger partial charge in [0.15, 0.2) is 0 Å². The molecule has 0 bridgehead atoms. The van der Waals surface area contributed by atoms with E-state index >= 15 is 0 Å². The van der Waals surface area contributed by atoms with Crippen LogP contribution in [0.4, 0.5) is 5.82 Å². The lowest BCUT2D eigenvalue weighted by Gasteiger charge is -2.11. The predicted octanol–water partition coefficient (Wildman–Crippen LogP) is 2.72. The molecule has 2 aliphatic carbocycles. The molecule has 0 radical (unpaired) electrons. The van der Waals surface area contributed by atoms with Gasteiger partial charge < -0.3 is 5.32 Å². The Labute approximate surface area is 99.2 Å². The average Bonchev–Trinajstić information content (AvgIpc) is 2.86. The summed E-state index contributed by atoms with van der Waals surface area (Å²) in [6.07, 6.45) is 3.44. The monoisotopic (exact) mass is 236 g/mol. The third-order valence-electron chi connectivity index (χ3n) is 3.58. The van der Waals surface area contributed by atoms with E-state index in [2.05, 4.69) is 10.3 Å². The van der Waals surface area contributed by atoms with Crippen LogP contribution in [-0.4, -0.2) is 10.9 Å². The van der Waals surface area contributed by atoms with Gasteiger partial charge in [0.25, 0.3) is 0 Å². The van der Waals surface area contributed by atoms with Gasteiger partial charge in [0.1, 0.15) is 11.0 Å². The quantitative estimate of drug-likeness (QED) is 0.803. The Kier molecular flexibility index (Phi) is 2.36. The number of fused-ring (bicyclic) bond motifs is 1. The number of carbonyl (C=O) groups is 1. The number of carbonyl (C=O) groups excluding carboxylic acids is 1. The van der Waals surface area contributed by atoms with Crippen LogP contribution in [0.5, 0.6) is 0 Å². The van der Waals surface area contributed by atoms with Crippen LogP contribution in [0.15, 0.2) is 18.2 Å². The fraction of sp³-hybridized carbons (Fsp3) is 0.500. The molecular weight excluding hydrogens is 224 g/mol. The Hall–Kier alpha value is -1.09. The van der Waals surface area contributed by atoms with E-state index in [9.17, 15) is 4.79 Å². The minimum Gasteiger partial charge on any atom is -0.310 e. The fourth-order valence-electron chi connectivity index (χ4n) is 2.64. The molecule has 2 aliphatic rings. The van der Waals surface area contributed by atoms with E-state index in [0.29, 0.717) is 11.0 Å². The van der Waals surface area contributed by atoms with Gasteiger partial charge in [-0.2, -0.15) is 0 Å². The third kappa shape index (κ3) is 1.92. The van der Waals surface area contributed by atoms with E-state index in [1.54, 1.807) is 18.2 Å². The van der Waals surface area contributed by atoms with E-state index < -0.39 is 0 Å². The molecule has 1 N–H and O–H groups in total. The van der Waals surface area contributed by atoms with E-state index in [-0.39, 0.29) is 11.8 Å². The maximum Gasteiger partial charge on any atom is 0.228 e. The molecule has 2 saturated carbocycles. The lowest BCUT2D eigenvalue weighted by Crippen LogP contribution is -2.22. The highest BCUT2D eigenvalue weighted by Crippen LogP contribution is 2.54. The minimum absolute atomic E-state index is 0.0990. The molecule has 1 amide bonds. The van der Waals surface area contributed by atoms with Crippen molar-refractivity contribution in [2.45, 2.75) is 19.3 Å². The van der Waals surface area contributed by atoms with Crippen molar-refractivity contribution in [3.63, 3.8) is 0 Å². The smallest absolute Gasteiger partial charge is 0.228 e. The van der Waals surface area contributed by atoms with Gasteiger partial charge in [0.2, 0.25) is 5.91 Å². The number of nitrogens with one attached hydrogen (secondary N) is 1. The van der Waals surface area contributed by atoms with Gasteiger partial charge in [-0.15, -0.1) is 0 Å². The minimum atomic E-state index is 0.0990. The highest BCUT2D eigenvalue weighted by molar-refractivity contribution is 6.29. The van der Waals surface area contributed by atoms with Gasteiger partial charge in [0, 0.05) is 5.92 Å². The summed E-state index contributed by atoms with van der Waals surface area (Å²) in [7, 11) is 0. The second kappa shape index (κ2) is 3.74. The zero-order chi connectivity index (χ0) is 11.1. The molecule has 84 valence electrons. The van der Waals surface area contributed by atoms with Crippen molar-refractivity contribution in [2.75, 3.05) is 5.32 Å². The first-order valence-corrected chi connectivity index (χ1v) is 6.03. The summed E-state index contributed by atoms with van der Waals surface area (Å²) in [6.45, 7) is 0. The lowest BCUT2D eigenvalue weighted by atomic mass is 10.0. The topological polar surface area (TPSA) is 42.0 Å². The van der Waals surface area contributed by atoms with Crippen LogP contribution in [0.3, 0.4) is 0 Å². The Morgan fingerprint density at radius 2 is 2.06 bits per heavy atom. The molecule has 2 fully saturated rings. The molecule has 2 unspecified atom stereocenters. The largest absolute Gasteiger partial charge is 0.310 e. The number of amides is 1. The summed E-state index contributed by atoms with van der Waals surface area (Å²) in [6, 6.07) is 5.25. The zero-order valence-electron chi connectivity index (χ0n) is 8.82. The molecular formula is C12H13ClN2O. The summed E-state index contributed by atoms with van der Waals surface area (Å²) in [4.78, 5) is 15.9. The number of pyridine rings is 1. The van der Waals surface area contributed by atoms with Crippen molar-refractivity contribution in [3.05, 3.63) is 23.4 Å². The fourth-order valence-corrected chi connectivity index (χ4v) is 2.80. The molecule has 4 heteroatoms. The normalized spacial score (nSPS) is 30.9. The SMILES string of the molecule is O=C(Nc1cccc(Cl)n1)C1CC2CC2C1. The molecule has 0 aromatic carbocycles. The number of hydrogen-bond acceptors (Lipinski definition) is 2. The van der Waals surface area contributed by atoms with Crippen LogP contribution in [0, 0.1) is 17.8 Å². The Balaban J connectivity index is 1.64. The molecule has 0 spiro atoms. The highest BCUT2D eigenvalue weighted by atomic mass is 35.5. The average molecular weight is 237 g/mol. The first-order valence-electron chi connectivity index (χ1n) is 5.66. The van der Waals surface area contributed by atoms with Crippen LogP contribution < -0.4 is 5.32 Å². The van der Waals surface area contributed by atoms with Crippen molar-refractivity contribution in [2.24, 2.45) is 17.8 Å². The van der Waals surface area contributed by atoms with Crippen LogP contribution >= 0.6 is 11.6 Å². The molecule has 3 rings (SSSR count). The maximum absolute atomic E-state index is 11.9. The summed E-state index contributed by atoms with van der Waals surface area (Å²) < 4.78 is 0. The first-order chi connectivity index (χ1) is 7.72. The van der Waals surface area contributed by atoms with Gasteiger partial charge in [-0.1, -0.05) is 17.7 Å². The Morgan fingerprint density at radius 3 is 2.75 bits per heavy atom. The van der Waals surface area contributed by atoms with Crippen LogP contribution in [0.2, 0.25) is 5.15 Å². The summed E-state index contributed by atoms with van der Waals surface area (Å²) in [5, 5.41) is 3.24. The molecule has 16 heavy (non-hydrogen) atoms. The molecule has 1 heterocycles. The van der Waals surface area contributed by atoms with Gasteiger partial charge in [-0.3, -0.25) is 4.79 Å². The van der Waals surface area contributed by atoms with Crippen molar-refractivity contribution < 1.29 is 4.79 Å². The molecule has 3 nitrogen and oxygen atoms in total. The van der Waals surface area contributed by atoms with E-state index in [1.807, 2.05) is 0 Å². The Bertz CT molecular complexity index is 425. The molecule has 0 aliphatic heterocycles. The van der Waals surface area contributed by atoms with Crippen LogP contribution in [0.25, 0.3) is 0 Å². The van der Waals surface area contributed by atoms with Gasteiger partial charge in [-0.25, -0.2) is 4.98 Å². The molecule has 2 atom stereocenters. The van der Waals surface area contributed by atoms with E-state index in [4.69, 9.17) is 11.6 Å². The van der Waals surface area contributed by atoms with Gasteiger partial charge >= 0.3 is 0 Å². The summed E-state index contributed by atoms with van der Waals surface area (Å²) >= 11 is 5.76.